The average molecular weight is 201 g/mol. The summed E-state index contributed by atoms with van der Waals surface area (Å²) in [5.41, 5.74) is 0. The molecule has 1 rings (SSSR count). The van der Waals surface area contributed by atoms with Crippen LogP contribution in [0.1, 0.15) is 39.0 Å². The molecule has 1 N–H and O–H groups in total. The van der Waals surface area contributed by atoms with Crippen LogP contribution < -0.4 is 5.32 Å². The summed E-state index contributed by atoms with van der Waals surface area (Å²) >= 11 is 1.99. The molecule has 1 aliphatic rings. The van der Waals surface area contributed by atoms with Gasteiger partial charge in [0, 0.05) is 6.04 Å². The molecule has 0 aliphatic heterocycles. The van der Waals surface area contributed by atoms with E-state index in [4.69, 9.17) is 0 Å². The largest absolute Gasteiger partial charge is 0.314 e. The lowest BCUT2D eigenvalue weighted by atomic mass is 9.83. The first-order valence-electron chi connectivity index (χ1n) is 5.60. The third-order valence-electron chi connectivity index (χ3n) is 3.07. The van der Waals surface area contributed by atoms with Gasteiger partial charge in [0.2, 0.25) is 0 Å². The second-order valence-corrected chi connectivity index (χ2v) is 4.98. The van der Waals surface area contributed by atoms with Gasteiger partial charge in [0.1, 0.15) is 0 Å². The summed E-state index contributed by atoms with van der Waals surface area (Å²) < 4.78 is 0. The van der Waals surface area contributed by atoms with E-state index >= 15 is 0 Å². The molecule has 0 saturated heterocycles. The zero-order valence-electron chi connectivity index (χ0n) is 9.01. The summed E-state index contributed by atoms with van der Waals surface area (Å²) in [7, 11) is 0. The summed E-state index contributed by atoms with van der Waals surface area (Å²) in [5.74, 6) is 2.30. The van der Waals surface area contributed by atoms with Gasteiger partial charge in [0.25, 0.3) is 0 Å². The Bertz CT molecular complexity index is 125. The van der Waals surface area contributed by atoms with Crippen LogP contribution in [0.3, 0.4) is 0 Å². The predicted molar refractivity (Wildman–Crippen MR) is 62.4 cm³/mol. The molecule has 2 atom stereocenters. The molecule has 1 nitrogen and oxygen atoms in total. The zero-order valence-corrected chi connectivity index (χ0v) is 9.83. The molecule has 13 heavy (non-hydrogen) atoms. The third-order valence-corrected chi connectivity index (χ3v) is 3.71. The third kappa shape index (κ3) is 3.90. The van der Waals surface area contributed by atoms with Crippen molar-refractivity contribution in [2.45, 2.75) is 45.1 Å². The minimum absolute atomic E-state index is 0.825. The fraction of sp³-hybridized carbons (Fsp3) is 1.00. The van der Waals surface area contributed by atoms with Crippen LogP contribution in [0.15, 0.2) is 0 Å². The highest BCUT2D eigenvalue weighted by molar-refractivity contribution is 7.98. The molecular formula is C11H23NS. The van der Waals surface area contributed by atoms with Crippen LogP contribution in [-0.2, 0) is 0 Å². The quantitative estimate of drug-likeness (QED) is 0.734. The maximum Gasteiger partial charge on any atom is 0.00955 e. The fourth-order valence-corrected chi connectivity index (χ4v) is 2.89. The smallest absolute Gasteiger partial charge is 0.00955 e. The molecule has 0 heterocycles. The Morgan fingerprint density at radius 3 is 2.77 bits per heavy atom. The van der Waals surface area contributed by atoms with Gasteiger partial charge in [-0.1, -0.05) is 19.8 Å². The van der Waals surface area contributed by atoms with Crippen molar-refractivity contribution in [3.8, 4) is 0 Å². The van der Waals surface area contributed by atoms with E-state index in [9.17, 15) is 0 Å². The number of thioether (sulfide) groups is 1. The van der Waals surface area contributed by atoms with Gasteiger partial charge in [-0.25, -0.2) is 0 Å². The van der Waals surface area contributed by atoms with Gasteiger partial charge in [0.05, 0.1) is 0 Å². The molecule has 1 saturated carbocycles. The van der Waals surface area contributed by atoms with E-state index in [-0.39, 0.29) is 0 Å². The Labute approximate surface area is 87.1 Å². The van der Waals surface area contributed by atoms with Crippen molar-refractivity contribution in [2.75, 3.05) is 18.6 Å². The van der Waals surface area contributed by atoms with Crippen LogP contribution in [0, 0.1) is 5.92 Å². The minimum atomic E-state index is 0.825. The van der Waals surface area contributed by atoms with Crippen molar-refractivity contribution < 1.29 is 0 Å². The van der Waals surface area contributed by atoms with E-state index in [0.29, 0.717) is 0 Å². The number of hydrogen-bond donors (Lipinski definition) is 1. The van der Waals surface area contributed by atoms with Crippen molar-refractivity contribution >= 4 is 11.8 Å². The van der Waals surface area contributed by atoms with E-state index in [1.807, 2.05) is 11.8 Å². The van der Waals surface area contributed by atoms with Gasteiger partial charge in [-0.15, -0.1) is 0 Å². The molecule has 0 aromatic carbocycles. The van der Waals surface area contributed by atoms with Crippen LogP contribution in [0.5, 0.6) is 0 Å². The topological polar surface area (TPSA) is 12.0 Å². The zero-order chi connectivity index (χ0) is 9.52. The first-order valence-corrected chi connectivity index (χ1v) is 7.00. The molecule has 0 spiro atoms. The molecule has 78 valence electrons. The Kier molecular flexibility index (Phi) is 5.88. The summed E-state index contributed by atoms with van der Waals surface area (Å²) in [5, 5.41) is 3.63. The molecule has 0 aromatic heterocycles. The molecule has 1 fully saturated rings. The first kappa shape index (κ1) is 11.4. The van der Waals surface area contributed by atoms with E-state index in [1.165, 1.54) is 37.9 Å². The van der Waals surface area contributed by atoms with E-state index < -0.39 is 0 Å². The molecular weight excluding hydrogens is 178 g/mol. The van der Waals surface area contributed by atoms with Gasteiger partial charge in [0.15, 0.2) is 0 Å². The van der Waals surface area contributed by atoms with Crippen LogP contribution in [0.25, 0.3) is 0 Å². The van der Waals surface area contributed by atoms with Crippen LogP contribution >= 0.6 is 11.8 Å². The molecule has 0 aromatic rings. The number of rotatable bonds is 5. The van der Waals surface area contributed by atoms with E-state index in [1.54, 1.807) is 0 Å². The maximum atomic E-state index is 3.63. The lowest BCUT2D eigenvalue weighted by molar-refractivity contribution is 0.260. The van der Waals surface area contributed by atoms with E-state index in [0.717, 1.165) is 18.5 Å². The normalized spacial score (nSPS) is 29.1. The standard InChI is InChI=1S/C11H23NS/c1-3-12-11-7-5-4-6-10(11)8-9-13-2/h10-12H,3-9H2,1-2H3. The number of hydrogen-bond acceptors (Lipinski definition) is 2. The second kappa shape index (κ2) is 6.72. The monoisotopic (exact) mass is 201 g/mol. The van der Waals surface area contributed by atoms with Gasteiger partial charge in [-0.05, 0) is 43.7 Å². The van der Waals surface area contributed by atoms with Crippen molar-refractivity contribution in [2.24, 2.45) is 5.92 Å². The Morgan fingerprint density at radius 1 is 1.31 bits per heavy atom. The van der Waals surface area contributed by atoms with Gasteiger partial charge < -0.3 is 5.32 Å². The maximum absolute atomic E-state index is 3.63. The second-order valence-electron chi connectivity index (χ2n) is 3.99. The fourth-order valence-electron chi connectivity index (χ4n) is 2.35. The van der Waals surface area contributed by atoms with Crippen molar-refractivity contribution in [3.05, 3.63) is 0 Å². The highest BCUT2D eigenvalue weighted by Crippen LogP contribution is 2.27. The lowest BCUT2D eigenvalue weighted by Gasteiger charge is -2.32. The molecule has 1 aliphatic carbocycles. The Balaban J connectivity index is 2.28. The van der Waals surface area contributed by atoms with Crippen LogP contribution in [0.4, 0.5) is 0 Å². The van der Waals surface area contributed by atoms with Gasteiger partial charge >= 0.3 is 0 Å². The van der Waals surface area contributed by atoms with Gasteiger partial charge in [-0.3, -0.25) is 0 Å². The summed E-state index contributed by atoms with van der Waals surface area (Å²) in [6.07, 6.45) is 9.39. The van der Waals surface area contributed by atoms with E-state index in [2.05, 4.69) is 18.5 Å². The van der Waals surface area contributed by atoms with Gasteiger partial charge in [-0.2, -0.15) is 11.8 Å². The first-order chi connectivity index (χ1) is 6.38. The molecule has 0 bridgehead atoms. The Morgan fingerprint density at radius 2 is 2.08 bits per heavy atom. The SMILES string of the molecule is CCNC1CCCCC1CCSC. The van der Waals surface area contributed by atoms with Crippen LogP contribution in [0.2, 0.25) is 0 Å². The average Bonchev–Trinajstić information content (AvgIpc) is 2.17. The molecule has 0 radical (unpaired) electrons. The molecule has 2 unspecified atom stereocenters. The van der Waals surface area contributed by atoms with Crippen molar-refractivity contribution in [3.63, 3.8) is 0 Å². The Hall–Kier alpha value is 0.310. The summed E-state index contributed by atoms with van der Waals surface area (Å²) in [6, 6.07) is 0.825. The highest BCUT2D eigenvalue weighted by atomic mass is 32.2. The molecule has 0 amide bonds. The predicted octanol–water partition coefficient (Wildman–Crippen LogP) is 2.91. The highest BCUT2D eigenvalue weighted by Gasteiger charge is 2.23. The summed E-state index contributed by atoms with van der Waals surface area (Å²) in [6.45, 7) is 3.36. The lowest BCUT2D eigenvalue weighted by Crippen LogP contribution is -2.38. The summed E-state index contributed by atoms with van der Waals surface area (Å²) in [4.78, 5) is 0. The minimum Gasteiger partial charge on any atom is -0.314 e. The van der Waals surface area contributed by atoms with Crippen LogP contribution in [-0.4, -0.2) is 24.6 Å². The van der Waals surface area contributed by atoms with Crippen molar-refractivity contribution in [1.82, 2.24) is 5.32 Å². The van der Waals surface area contributed by atoms with Crippen molar-refractivity contribution in [1.29, 1.82) is 0 Å². The molecule has 2 heteroatoms. The number of nitrogens with one attached hydrogen (secondary N) is 1.